The maximum Gasteiger partial charge on any atom is 0.410 e. The largest absolute Gasteiger partial charge is 0.449 e. The summed E-state index contributed by atoms with van der Waals surface area (Å²) >= 11 is 0. The van der Waals surface area contributed by atoms with Gasteiger partial charge in [0.1, 0.15) is 0 Å². The molecule has 0 aromatic rings. The van der Waals surface area contributed by atoms with Crippen LogP contribution in [-0.4, -0.2) is 144 Å². The first kappa shape index (κ1) is 41.7. The summed E-state index contributed by atoms with van der Waals surface area (Å²) in [7, 11) is 0. The highest BCUT2D eigenvalue weighted by molar-refractivity contribution is 5.69. The van der Waals surface area contributed by atoms with Gasteiger partial charge in [-0.15, -0.1) is 0 Å². The van der Waals surface area contributed by atoms with E-state index in [0.717, 1.165) is 78.4 Å². The lowest BCUT2D eigenvalue weighted by molar-refractivity contribution is -0.190. The second-order valence-corrected chi connectivity index (χ2v) is 19.4. The smallest absolute Gasteiger partial charge is 0.410 e. The molecule has 4 bridgehead atoms. The summed E-state index contributed by atoms with van der Waals surface area (Å²) in [6, 6.07) is 1.37. The summed E-state index contributed by atoms with van der Waals surface area (Å²) in [5.74, 6) is -0.220. The van der Waals surface area contributed by atoms with Gasteiger partial charge in [-0.3, -0.25) is 14.7 Å². The molecular weight excluding hydrogens is 632 g/mol. The molecule has 7 aliphatic heterocycles. The minimum absolute atomic E-state index is 0.0997. The van der Waals surface area contributed by atoms with Crippen LogP contribution in [-0.2, 0) is 23.7 Å². The van der Waals surface area contributed by atoms with Crippen molar-refractivity contribution in [3.05, 3.63) is 0 Å². The summed E-state index contributed by atoms with van der Waals surface area (Å²) in [5, 5.41) is 0. The molecule has 0 aromatic heterocycles. The molecule has 7 fully saturated rings. The SMILES string of the molecule is CC(C)(C)N1C2CCCC1COC2.CC(C)(C)N1CC2CCC(C1)O2.CC(C)(C)N1CCC2(CC1)OCCO2.CC(C)(C)N1CCCOC1=O. The molecule has 292 valence electrons. The molecule has 7 aliphatic rings. The van der Waals surface area contributed by atoms with Gasteiger partial charge >= 0.3 is 6.09 Å². The molecule has 10 nitrogen and oxygen atoms in total. The number of hydrogen-bond donors (Lipinski definition) is 0. The third-order valence-electron chi connectivity index (χ3n) is 11.3. The molecule has 7 rings (SSSR count). The first-order chi connectivity index (χ1) is 23.2. The molecule has 7 heterocycles. The number of amides is 1. The third-order valence-corrected chi connectivity index (χ3v) is 11.3. The van der Waals surface area contributed by atoms with Gasteiger partial charge in [-0.05, 0) is 115 Å². The van der Waals surface area contributed by atoms with Gasteiger partial charge < -0.3 is 28.6 Å². The first-order valence-electron chi connectivity index (χ1n) is 19.9. The monoisotopic (exact) mass is 709 g/mol. The molecule has 50 heavy (non-hydrogen) atoms. The highest BCUT2D eigenvalue weighted by Crippen LogP contribution is 2.35. The van der Waals surface area contributed by atoms with Crippen molar-refractivity contribution in [3.63, 3.8) is 0 Å². The average Bonchev–Trinajstić information content (AvgIpc) is 3.61. The predicted octanol–water partition coefficient (Wildman–Crippen LogP) is 6.94. The summed E-state index contributed by atoms with van der Waals surface area (Å²) in [6.45, 7) is 36.0. The fraction of sp³-hybridized carbons (Fsp3) is 0.975. The van der Waals surface area contributed by atoms with Crippen molar-refractivity contribution in [2.75, 3.05) is 65.8 Å². The Kier molecular flexibility index (Phi) is 14.2. The summed E-state index contributed by atoms with van der Waals surface area (Å²) < 4.78 is 27.7. The molecule has 0 saturated carbocycles. The number of morpholine rings is 2. The molecule has 0 radical (unpaired) electrons. The number of piperidine rings is 2. The standard InChI is InChI=1S/C11H21NO2.C11H21NO.C10H19NO.C8H15NO2/c1-10(2,3)12-6-4-11(5-7-12)13-8-9-14-11;1-11(2,3)12-9-5-4-6-10(12)8-13-7-9;1-10(2,3)11-6-8-4-5-9(7-11)12-8;1-8(2,3)9-5-4-6-11-7(9)10/h4-9H2,1-3H3;9-10H,4-8H2,1-3H3;8-9H,4-7H2,1-3H3;4-6H2,1-3H3. The zero-order valence-electron chi connectivity index (χ0n) is 34.3. The molecule has 10 heteroatoms. The molecule has 7 saturated heterocycles. The second-order valence-electron chi connectivity index (χ2n) is 19.4. The van der Waals surface area contributed by atoms with Gasteiger partial charge in [-0.1, -0.05) is 6.42 Å². The topological polar surface area (TPSA) is 76.2 Å². The Bertz CT molecular complexity index is 1010. The highest BCUT2D eigenvalue weighted by atomic mass is 16.7. The van der Waals surface area contributed by atoms with Crippen LogP contribution in [0.4, 0.5) is 4.79 Å². The molecule has 0 aromatic carbocycles. The Hall–Kier alpha value is -1.01. The molecular formula is C40H76N4O6. The maximum absolute atomic E-state index is 11.1. The summed E-state index contributed by atoms with van der Waals surface area (Å²) in [6.07, 6.45) is 10.5. The van der Waals surface area contributed by atoms with Crippen LogP contribution >= 0.6 is 0 Å². The fourth-order valence-corrected chi connectivity index (χ4v) is 8.56. The average molecular weight is 709 g/mol. The Morgan fingerprint density at radius 3 is 1.52 bits per heavy atom. The van der Waals surface area contributed by atoms with Crippen LogP contribution in [0.2, 0.25) is 0 Å². The van der Waals surface area contributed by atoms with Gasteiger partial charge in [0.2, 0.25) is 0 Å². The first-order valence-corrected chi connectivity index (χ1v) is 19.9. The molecule has 0 aliphatic carbocycles. The summed E-state index contributed by atoms with van der Waals surface area (Å²) in [5.41, 5.74) is 0.821. The lowest BCUT2D eigenvalue weighted by Crippen LogP contribution is -2.61. The van der Waals surface area contributed by atoms with Crippen LogP contribution in [0, 0.1) is 0 Å². The predicted molar refractivity (Wildman–Crippen MR) is 201 cm³/mol. The molecule has 1 amide bonds. The number of hydrogen-bond acceptors (Lipinski definition) is 9. The third kappa shape index (κ3) is 11.7. The van der Waals surface area contributed by atoms with Crippen molar-refractivity contribution >= 4 is 6.09 Å². The zero-order valence-corrected chi connectivity index (χ0v) is 34.3. The Balaban J connectivity index is 0.000000150. The summed E-state index contributed by atoms with van der Waals surface area (Å²) in [4.78, 5) is 20.6. The Morgan fingerprint density at radius 2 is 1.12 bits per heavy atom. The van der Waals surface area contributed by atoms with E-state index in [9.17, 15) is 4.79 Å². The van der Waals surface area contributed by atoms with E-state index in [0.29, 0.717) is 42.0 Å². The quantitative estimate of drug-likeness (QED) is 0.266. The van der Waals surface area contributed by atoms with Crippen LogP contribution in [0.25, 0.3) is 0 Å². The van der Waals surface area contributed by atoms with Gasteiger partial charge in [0.25, 0.3) is 0 Å². The molecule has 4 atom stereocenters. The van der Waals surface area contributed by atoms with Gasteiger partial charge in [0.15, 0.2) is 5.79 Å². The van der Waals surface area contributed by atoms with Crippen molar-refractivity contribution < 1.29 is 28.5 Å². The van der Waals surface area contributed by atoms with Gasteiger partial charge in [0.05, 0.1) is 45.2 Å². The number of likely N-dealkylation sites (tertiary alicyclic amines) is 2. The van der Waals surface area contributed by atoms with Crippen LogP contribution in [0.15, 0.2) is 0 Å². The normalized spacial score (nSPS) is 30.7. The van der Waals surface area contributed by atoms with Crippen molar-refractivity contribution in [2.24, 2.45) is 0 Å². The molecule has 0 N–H and O–H groups in total. The van der Waals surface area contributed by atoms with E-state index >= 15 is 0 Å². The number of nitrogens with zero attached hydrogens (tertiary/aromatic N) is 4. The number of fused-ring (bicyclic) bond motifs is 4. The molecule has 4 unspecified atom stereocenters. The van der Waals surface area contributed by atoms with E-state index in [2.05, 4.69) is 77.0 Å². The minimum atomic E-state index is -0.220. The fourth-order valence-electron chi connectivity index (χ4n) is 8.56. The lowest BCUT2D eigenvalue weighted by Gasteiger charge is -2.52. The lowest BCUT2D eigenvalue weighted by atomic mass is 9.88. The number of cyclic esters (lactones) is 1. The van der Waals surface area contributed by atoms with Crippen LogP contribution < -0.4 is 0 Å². The van der Waals surface area contributed by atoms with Gasteiger partial charge in [0, 0.05) is 79.8 Å². The van der Waals surface area contributed by atoms with E-state index in [1.165, 1.54) is 32.1 Å². The zero-order chi connectivity index (χ0) is 37.0. The van der Waals surface area contributed by atoms with Crippen LogP contribution in [0.1, 0.15) is 134 Å². The number of carbonyl (C=O) groups is 1. The van der Waals surface area contributed by atoms with Gasteiger partial charge in [-0.2, -0.15) is 0 Å². The van der Waals surface area contributed by atoms with E-state index in [4.69, 9.17) is 23.7 Å². The number of carbonyl (C=O) groups excluding carboxylic acids is 1. The second kappa shape index (κ2) is 17.0. The Labute approximate surface area is 306 Å². The maximum atomic E-state index is 11.1. The van der Waals surface area contributed by atoms with Crippen molar-refractivity contribution in [2.45, 2.75) is 187 Å². The number of rotatable bonds is 0. The minimum Gasteiger partial charge on any atom is -0.449 e. The van der Waals surface area contributed by atoms with Crippen LogP contribution in [0.5, 0.6) is 0 Å². The Morgan fingerprint density at radius 1 is 0.600 bits per heavy atom. The number of ether oxygens (including phenoxy) is 5. The van der Waals surface area contributed by atoms with Crippen LogP contribution in [0.3, 0.4) is 0 Å². The van der Waals surface area contributed by atoms with Crippen molar-refractivity contribution in [1.29, 1.82) is 0 Å². The highest BCUT2D eigenvalue weighted by Gasteiger charge is 2.42. The molecule has 1 spiro atoms. The van der Waals surface area contributed by atoms with Crippen molar-refractivity contribution in [1.82, 2.24) is 19.6 Å². The van der Waals surface area contributed by atoms with E-state index < -0.39 is 0 Å². The van der Waals surface area contributed by atoms with E-state index in [-0.39, 0.29) is 23.0 Å². The van der Waals surface area contributed by atoms with E-state index in [1.807, 2.05) is 20.8 Å². The van der Waals surface area contributed by atoms with Gasteiger partial charge in [-0.25, -0.2) is 4.79 Å². The van der Waals surface area contributed by atoms with E-state index in [1.54, 1.807) is 4.90 Å². The van der Waals surface area contributed by atoms with Crippen molar-refractivity contribution in [3.8, 4) is 0 Å².